The Kier molecular flexibility index (Phi) is 8.36. The number of benzene rings is 10. The van der Waals surface area contributed by atoms with Gasteiger partial charge in [0.1, 0.15) is 11.5 Å². The number of aromatic nitrogens is 1. The van der Waals surface area contributed by atoms with Gasteiger partial charge in [-0.2, -0.15) is 0 Å². The van der Waals surface area contributed by atoms with Crippen molar-refractivity contribution in [3.05, 3.63) is 292 Å². The third kappa shape index (κ3) is 5.11. The largest absolute Gasteiger partial charge is 0.457 e. The van der Waals surface area contributed by atoms with Crippen LogP contribution in [0.5, 0.6) is 11.5 Å². The van der Waals surface area contributed by atoms with E-state index in [9.17, 15) is 0 Å². The van der Waals surface area contributed by atoms with Gasteiger partial charge >= 0.3 is 0 Å². The topological polar surface area (TPSA) is 17.4 Å². The molecule has 0 bridgehead atoms. The molecule has 1 aromatic heterocycles. The van der Waals surface area contributed by atoms with Crippen molar-refractivity contribution in [3.8, 4) is 39.4 Å². The van der Waals surface area contributed by atoms with Crippen LogP contribution in [0.25, 0.3) is 44.9 Å². The predicted octanol–water partition coefficient (Wildman–Crippen LogP) is 17.4. The average molecular weight is 937 g/mol. The molecule has 4 heteroatoms. The van der Waals surface area contributed by atoms with Crippen LogP contribution in [0.2, 0.25) is 0 Å². The van der Waals surface area contributed by atoms with Crippen LogP contribution in [0.3, 0.4) is 0 Å². The van der Waals surface area contributed by atoms with Gasteiger partial charge in [-0.05, 0) is 124 Å². The average Bonchev–Trinajstić information content (AvgIpc) is 4.05. The fourth-order valence-electron chi connectivity index (χ4n) is 13.8. The Morgan fingerprint density at radius 3 is 1.56 bits per heavy atom. The van der Waals surface area contributed by atoms with E-state index in [0.29, 0.717) is 0 Å². The first kappa shape index (κ1) is 40.2. The highest BCUT2D eigenvalue weighted by atomic mass is 32.2. The molecular weight excluding hydrogens is 893 g/mol. The summed E-state index contributed by atoms with van der Waals surface area (Å²) in [5.74, 6) is 1.78. The number of nitrogens with zero attached hydrogens (tertiary/aromatic N) is 2. The van der Waals surface area contributed by atoms with Crippen LogP contribution in [0.15, 0.2) is 246 Å². The summed E-state index contributed by atoms with van der Waals surface area (Å²) in [6.45, 7) is 0. The van der Waals surface area contributed by atoms with Gasteiger partial charge < -0.3 is 14.2 Å². The van der Waals surface area contributed by atoms with Crippen molar-refractivity contribution in [3.63, 3.8) is 0 Å². The predicted molar refractivity (Wildman–Crippen MR) is 294 cm³/mol. The van der Waals surface area contributed by atoms with Crippen molar-refractivity contribution in [1.29, 1.82) is 0 Å². The van der Waals surface area contributed by atoms with E-state index in [1.807, 2.05) is 11.8 Å². The van der Waals surface area contributed by atoms with E-state index >= 15 is 0 Å². The molecule has 3 aliphatic carbocycles. The van der Waals surface area contributed by atoms with Gasteiger partial charge in [-0.3, -0.25) is 0 Å². The van der Waals surface area contributed by atoms with Gasteiger partial charge in [-0.25, -0.2) is 0 Å². The normalized spacial score (nSPS) is 15.1. The number of fused-ring (bicyclic) bond motifs is 21. The van der Waals surface area contributed by atoms with Gasteiger partial charge in [0, 0.05) is 60.1 Å². The zero-order valence-electron chi connectivity index (χ0n) is 39.2. The van der Waals surface area contributed by atoms with Crippen LogP contribution < -0.4 is 9.64 Å². The van der Waals surface area contributed by atoms with Crippen molar-refractivity contribution in [2.24, 2.45) is 0 Å². The summed E-state index contributed by atoms with van der Waals surface area (Å²) in [4.78, 5) is 5.22. The highest BCUT2D eigenvalue weighted by Crippen LogP contribution is 2.67. The fraction of sp³-hybridized carbons (Fsp3) is 0.0588. The molecule has 5 aliphatic rings. The van der Waals surface area contributed by atoms with Crippen molar-refractivity contribution in [2.45, 2.75) is 33.5 Å². The zero-order chi connectivity index (χ0) is 47.1. The molecule has 0 atom stereocenters. The minimum Gasteiger partial charge on any atom is -0.457 e. The molecule has 16 rings (SSSR count). The molecule has 0 saturated carbocycles. The molecule has 0 fully saturated rings. The molecule has 2 spiro atoms. The SMILES string of the molecule is C1=Cc2c(n(-c3ccccc3)c3ccc(N(c4cccc5c4-c4ccccc4C54c5ccccc5Oc5ccccc54)c4cccc5c4-c4ccccc4C54c5ccccc5Sc5ccccc54)cc23)CC1. The third-order valence-corrected chi connectivity index (χ3v) is 17.5. The summed E-state index contributed by atoms with van der Waals surface area (Å²) in [5.41, 5.74) is 22.4. The maximum atomic E-state index is 6.80. The first-order valence-electron chi connectivity index (χ1n) is 25.1. The Balaban J connectivity index is 1.04. The number of ether oxygens (including phenoxy) is 1. The Labute approximate surface area is 423 Å². The van der Waals surface area contributed by atoms with E-state index in [1.165, 1.54) is 93.3 Å². The monoisotopic (exact) mass is 936 g/mol. The summed E-state index contributed by atoms with van der Waals surface area (Å²) in [6, 6.07) is 86.3. The second-order valence-electron chi connectivity index (χ2n) is 19.7. The van der Waals surface area contributed by atoms with Gasteiger partial charge in [0.05, 0.1) is 27.7 Å². The quantitative estimate of drug-likeness (QED) is 0.175. The van der Waals surface area contributed by atoms with E-state index in [0.717, 1.165) is 52.5 Å². The fourth-order valence-corrected chi connectivity index (χ4v) is 15.0. The van der Waals surface area contributed by atoms with Gasteiger partial charge in [-0.15, -0.1) is 0 Å². The van der Waals surface area contributed by atoms with Gasteiger partial charge in [-0.1, -0.05) is 188 Å². The molecule has 0 unspecified atom stereocenters. The molecule has 0 amide bonds. The first-order chi connectivity index (χ1) is 35.7. The lowest BCUT2D eigenvalue weighted by Gasteiger charge is -2.40. The minimum atomic E-state index is -0.623. The van der Waals surface area contributed by atoms with Crippen molar-refractivity contribution in [1.82, 2.24) is 4.57 Å². The van der Waals surface area contributed by atoms with E-state index in [2.05, 4.69) is 252 Å². The minimum absolute atomic E-state index is 0.530. The second-order valence-corrected chi connectivity index (χ2v) is 20.8. The summed E-state index contributed by atoms with van der Waals surface area (Å²) >= 11 is 1.89. The standard InChI is InChI=1S/C68H44N2OS/c1-2-20-43(21-3-1)69-57-33-13-6-22-45(57)48-42-44(40-41-58(48)69)70(59-34-18-31-55-65(59)46-23-4-7-25-49(46)67(55)51-27-9-14-36-61(51)71-62-37-15-10-28-52(62)67)60-35-19-32-56-66(60)47-24-5-8-26-50(47)68(56)53-29-11-16-38-63(53)72-64-39-17-12-30-54(64)68/h1-12,14-32,34-42H,13,33H2. The first-order valence-corrected chi connectivity index (χ1v) is 26.0. The van der Waals surface area contributed by atoms with Gasteiger partial charge in [0.25, 0.3) is 0 Å². The Morgan fingerprint density at radius 2 is 0.944 bits per heavy atom. The lowest BCUT2D eigenvalue weighted by molar-refractivity contribution is 0.436. The second kappa shape index (κ2) is 15.0. The third-order valence-electron chi connectivity index (χ3n) is 16.4. The maximum Gasteiger partial charge on any atom is 0.132 e. The highest BCUT2D eigenvalue weighted by Gasteiger charge is 2.54. The van der Waals surface area contributed by atoms with E-state index in [-0.39, 0.29) is 0 Å². The molecule has 0 radical (unpaired) electrons. The van der Waals surface area contributed by atoms with E-state index in [4.69, 9.17) is 4.74 Å². The van der Waals surface area contributed by atoms with Crippen molar-refractivity contribution < 1.29 is 4.74 Å². The maximum absolute atomic E-state index is 6.80. The molecule has 11 aromatic rings. The Hall–Kier alpha value is -8.57. The van der Waals surface area contributed by atoms with E-state index < -0.39 is 10.8 Å². The molecule has 338 valence electrons. The van der Waals surface area contributed by atoms with Crippen LogP contribution in [-0.2, 0) is 17.3 Å². The molecule has 72 heavy (non-hydrogen) atoms. The number of para-hydroxylation sites is 3. The molecule has 3 nitrogen and oxygen atoms in total. The molecule has 0 saturated heterocycles. The Bertz CT molecular complexity index is 3850. The molecule has 0 N–H and O–H groups in total. The van der Waals surface area contributed by atoms with Crippen LogP contribution in [0, 0.1) is 0 Å². The van der Waals surface area contributed by atoms with Crippen LogP contribution in [0.1, 0.15) is 62.2 Å². The summed E-state index contributed by atoms with van der Waals surface area (Å²) in [6.07, 6.45) is 6.72. The summed E-state index contributed by atoms with van der Waals surface area (Å²) in [5, 5.41) is 1.25. The molecular formula is C68H44N2OS. The number of allylic oxidation sites excluding steroid dienone is 1. The lowest BCUT2D eigenvalue weighted by atomic mass is 9.66. The smallest absolute Gasteiger partial charge is 0.132 e. The number of hydrogen-bond donors (Lipinski definition) is 0. The van der Waals surface area contributed by atoms with Gasteiger partial charge in [0.15, 0.2) is 0 Å². The van der Waals surface area contributed by atoms with Crippen LogP contribution >= 0.6 is 11.8 Å². The number of hydrogen-bond acceptors (Lipinski definition) is 3. The number of anilines is 3. The van der Waals surface area contributed by atoms with E-state index in [1.54, 1.807) is 0 Å². The lowest BCUT2D eigenvalue weighted by Crippen LogP contribution is -2.32. The summed E-state index contributed by atoms with van der Waals surface area (Å²) in [7, 11) is 0. The highest BCUT2D eigenvalue weighted by molar-refractivity contribution is 7.99. The summed E-state index contributed by atoms with van der Waals surface area (Å²) < 4.78 is 9.30. The van der Waals surface area contributed by atoms with Crippen LogP contribution in [-0.4, -0.2) is 4.57 Å². The molecule has 3 heterocycles. The molecule has 2 aliphatic heterocycles. The van der Waals surface area contributed by atoms with Crippen molar-refractivity contribution >= 4 is 45.8 Å². The van der Waals surface area contributed by atoms with Crippen molar-refractivity contribution in [2.75, 3.05) is 4.90 Å². The van der Waals surface area contributed by atoms with Gasteiger partial charge in [0.2, 0.25) is 0 Å². The Morgan fingerprint density at radius 1 is 0.444 bits per heavy atom. The zero-order valence-corrected chi connectivity index (χ0v) is 40.0. The number of rotatable bonds is 4. The molecule has 10 aromatic carbocycles. The van der Waals surface area contributed by atoms with Crippen LogP contribution in [0.4, 0.5) is 17.1 Å².